The molecule has 0 saturated heterocycles. The summed E-state index contributed by atoms with van der Waals surface area (Å²) in [6.45, 7) is 0. The molecule has 4 rings (SSSR count). The van der Waals surface area contributed by atoms with E-state index in [1.54, 1.807) is 12.1 Å². The van der Waals surface area contributed by atoms with E-state index in [4.69, 9.17) is 0 Å². The maximum Gasteiger partial charge on any atom is 0.335 e. The fraction of sp³-hybridized carbons (Fsp3) is 0.368. The fourth-order valence-electron chi connectivity index (χ4n) is 3.52. The summed E-state index contributed by atoms with van der Waals surface area (Å²) in [4.78, 5) is 23.1. The van der Waals surface area contributed by atoms with Crippen molar-refractivity contribution in [2.45, 2.75) is 31.7 Å². The molecule has 8 heteroatoms. The minimum Gasteiger partial charge on any atom is -0.478 e. The third-order valence-corrected chi connectivity index (χ3v) is 6.18. The van der Waals surface area contributed by atoms with Gasteiger partial charge in [0.05, 0.1) is 10.9 Å². The molecule has 2 aromatic heterocycles. The van der Waals surface area contributed by atoms with Gasteiger partial charge in [-0.2, -0.15) is 5.10 Å². The van der Waals surface area contributed by atoms with Crippen molar-refractivity contribution in [3.05, 3.63) is 30.1 Å². The second-order valence-corrected chi connectivity index (χ2v) is 8.04. The summed E-state index contributed by atoms with van der Waals surface area (Å²) in [5.41, 5.74) is 4.51. The van der Waals surface area contributed by atoms with E-state index in [0.29, 0.717) is 11.9 Å². The van der Waals surface area contributed by atoms with Crippen LogP contribution in [0.2, 0.25) is 0 Å². The Morgan fingerprint density at radius 2 is 2.07 bits per heavy atom. The summed E-state index contributed by atoms with van der Waals surface area (Å²) in [6.07, 6.45) is 5.67. The molecule has 7 nitrogen and oxygen atoms in total. The molecule has 0 radical (unpaired) electrons. The average molecular weight is 383 g/mol. The number of nitrogens with one attached hydrogen (secondary N) is 1. The fourth-order valence-corrected chi connectivity index (χ4v) is 4.55. The Balaban J connectivity index is 1.66. The first-order chi connectivity index (χ1) is 13.0. The van der Waals surface area contributed by atoms with Gasteiger partial charge in [0.2, 0.25) is 0 Å². The third kappa shape index (κ3) is 3.50. The molecule has 2 N–H and O–H groups in total. The lowest BCUT2D eigenvalue weighted by atomic mass is 9.93. The maximum atomic E-state index is 11.3. The number of nitrogens with zero attached hydrogens (tertiary/aromatic N) is 4. The first kappa shape index (κ1) is 17.8. The largest absolute Gasteiger partial charge is 0.478 e. The molecule has 140 valence electrons. The van der Waals surface area contributed by atoms with E-state index < -0.39 is 5.97 Å². The first-order valence-corrected chi connectivity index (χ1v) is 9.73. The summed E-state index contributed by atoms with van der Waals surface area (Å²) in [7, 11) is 4.24. The number of hydrazone groups is 1. The van der Waals surface area contributed by atoms with Gasteiger partial charge >= 0.3 is 5.97 Å². The van der Waals surface area contributed by atoms with Crippen LogP contribution >= 0.6 is 11.3 Å². The van der Waals surface area contributed by atoms with Crippen molar-refractivity contribution in [1.82, 2.24) is 14.9 Å². The molecule has 1 fully saturated rings. The Morgan fingerprint density at radius 3 is 2.78 bits per heavy atom. The highest BCUT2D eigenvalue weighted by molar-refractivity contribution is 7.25. The second-order valence-electron chi connectivity index (χ2n) is 7.01. The molecule has 3 aromatic rings. The molecule has 1 aromatic carbocycles. The topological polar surface area (TPSA) is 90.7 Å². The molecule has 0 atom stereocenters. The van der Waals surface area contributed by atoms with Crippen molar-refractivity contribution in [2.24, 2.45) is 5.10 Å². The number of rotatable bonds is 4. The van der Waals surface area contributed by atoms with E-state index >= 15 is 0 Å². The Morgan fingerprint density at radius 1 is 1.30 bits per heavy atom. The number of carboxylic acid groups (broad SMARTS) is 1. The number of benzene rings is 1. The zero-order chi connectivity index (χ0) is 19.0. The van der Waals surface area contributed by atoms with Gasteiger partial charge in [-0.25, -0.2) is 14.8 Å². The van der Waals surface area contributed by atoms with Crippen LogP contribution in [0.3, 0.4) is 0 Å². The molecule has 0 bridgehead atoms. The molecule has 1 aliphatic rings. The number of carbonyl (C=O) groups is 1. The zero-order valence-corrected chi connectivity index (χ0v) is 16.1. The van der Waals surface area contributed by atoms with Gasteiger partial charge in [0.15, 0.2) is 5.82 Å². The van der Waals surface area contributed by atoms with E-state index in [1.807, 2.05) is 6.07 Å². The van der Waals surface area contributed by atoms with Gasteiger partial charge in [0.25, 0.3) is 0 Å². The molecule has 1 aliphatic carbocycles. The van der Waals surface area contributed by atoms with Gasteiger partial charge in [-0.15, -0.1) is 11.3 Å². The molecule has 2 heterocycles. The van der Waals surface area contributed by atoms with E-state index in [0.717, 1.165) is 51.7 Å². The predicted octanol–water partition coefficient (Wildman–Crippen LogP) is 3.81. The summed E-state index contributed by atoms with van der Waals surface area (Å²) >= 11 is 1.52. The van der Waals surface area contributed by atoms with Crippen LogP contribution in [0.15, 0.2) is 29.6 Å². The highest BCUT2D eigenvalue weighted by Gasteiger charge is 2.19. The SMILES string of the molecule is CN(C)C1CCC(=NNc2ncnc3sc4ccc(C(=O)O)cc4c23)CC1. The van der Waals surface area contributed by atoms with Gasteiger partial charge in [0.1, 0.15) is 11.2 Å². The third-order valence-electron chi connectivity index (χ3n) is 5.10. The highest BCUT2D eigenvalue weighted by Crippen LogP contribution is 2.36. The van der Waals surface area contributed by atoms with Gasteiger partial charge < -0.3 is 10.0 Å². The lowest BCUT2D eigenvalue weighted by Crippen LogP contribution is -2.32. The van der Waals surface area contributed by atoms with Crippen LogP contribution in [0.1, 0.15) is 36.0 Å². The summed E-state index contributed by atoms with van der Waals surface area (Å²) < 4.78 is 0.984. The van der Waals surface area contributed by atoms with Crippen LogP contribution in [-0.4, -0.2) is 51.8 Å². The van der Waals surface area contributed by atoms with E-state index in [1.165, 1.54) is 17.7 Å². The van der Waals surface area contributed by atoms with Crippen molar-refractivity contribution in [2.75, 3.05) is 19.5 Å². The average Bonchev–Trinajstić information content (AvgIpc) is 3.05. The van der Waals surface area contributed by atoms with Gasteiger partial charge in [0, 0.05) is 21.8 Å². The van der Waals surface area contributed by atoms with Crippen LogP contribution in [0.5, 0.6) is 0 Å². The Labute approximate surface area is 160 Å². The minimum atomic E-state index is -0.944. The molecule has 0 amide bonds. The lowest BCUT2D eigenvalue weighted by Gasteiger charge is -2.28. The molecular formula is C19H21N5O2S. The minimum absolute atomic E-state index is 0.255. The van der Waals surface area contributed by atoms with Crippen molar-refractivity contribution < 1.29 is 9.90 Å². The van der Waals surface area contributed by atoms with Crippen molar-refractivity contribution in [3.63, 3.8) is 0 Å². The molecular weight excluding hydrogens is 362 g/mol. The van der Waals surface area contributed by atoms with Crippen LogP contribution in [0, 0.1) is 0 Å². The van der Waals surface area contributed by atoms with Crippen LogP contribution in [0.4, 0.5) is 5.82 Å². The normalized spacial score (nSPS) is 17.6. The van der Waals surface area contributed by atoms with E-state index in [2.05, 4.69) is 39.5 Å². The van der Waals surface area contributed by atoms with Crippen LogP contribution < -0.4 is 5.43 Å². The summed E-state index contributed by atoms with van der Waals surface area (Å²) in [5.74, 6) is -0.323. The number of thiophene rings is 1. The van der Waals surface area contributed by atoms with Crippen LogP contribution in [-0.2, 0) is 0 Å². The van der Waals surface area contributed by atoms with Gasteiger partial charge in [-0.05, 0) is 58.0 Å². The predicted molar refractivity (Wildman–Crippen MR) is 109 cm³/mol. The smallest absolute Gasteiger partial charge is 0.335 e. The number of hydrogen-bond acceptors (Lipinski definition) is 7. The monoisotopic (exact) mass is 383 g/mol. The second kappa shape index (κ2) is 7.21. The molecule has 1 saturated carbocycles. The molecule has 0 aliphatic heterocycles. The van der Waals surface area contributed by atoms with E-state index in [-0.39, 0.29) is 5.56 Å². The Bertz CT molecular complexity index is 1030. The molecule has 27 heavy (non-hydrogen) atoms. The standard InChI is InChI=1S/C19H21N5O2S/c1-24(2)13-6-4-12(5-7-13)22-23-17-16-14-9-11(19(25)26)3-8-15(14)27-18(16)21-10-20-17/h3,8-10,13H,4-7H2,1-2H3,(H,25,26)(H,20,21,23). The lowest BCUT2D eigenvalue weighted by molar-refractivity contribution is 0.0697. The van der Waals surface area contributed by atoms with Gasteiger partial charge in [-0.3, -0.25) is 5.43 Å². The van der Waals surface area contributed by atoms with Crippen molar-refractivity contribution >= 4 is 49.1 Å². The number of fused-ring (bicyclic) bond motifs is 3. The number of anilines is 1. The molecule has 0 spiro atoms. The summed E-state index contributed by atoms with van der Waals surface area (Å²) in [6, 6.07) is 5.73. The maximum absolute atomic E-state index is 11.3. The first-order valence-electron chi connectivity index (χ1n) is 8.91. The highest BCUT2D eigenvalue weighted by atomic mass is 32.1. The molecule has 0 unspecified atom stereocenters. The van der Waals surface area contributed by atoms with E-state index in [9.17, 15) is 9.90 Å². The Kier molecular flexibility index (Phi) is 4.75. The number of aromatic nitrogens is 2. The number of carboxylic acids is 1. The number of hydrogen-bond donors (Lipinski definition) is 2. The van der Waals surface area contributed by atoms with Gasteiger partial charge in [-0.1, -0.05) is 0 Å². The van der Waals surface area contributed by atoms with Crippen molar-refractivity contribution in [1.29, 1.82) is 0 Å². The van der Waals surface area contributed by atoms with Crippen molar-refractivity contribution in [3.8, 4) is 0 Å². The zero-order valence-electron chi connectivity index (χ0n) is 15.3. The number of aromatic carboxylic acids is 1. The Hall–Kier alpha value is -2.58. The summed E-state index contributed by atoms with van der Waals surface area (Å²) in [5, 5.41) is 15.5. The van der Waals surface area contributed by atoms with Crippen LogP contribution in [0.25, 0.3) is 20.3 Å². The quantitative estimate of drug-likeness (QED) is 0.666.